The van der Waals surface area contributed by atoms with Crippen LogP contribution in [-0.2, 0) is 11.2 Å². The second-order valence-corrected chi connectivity index (χ2v) is 4.98. The maximum atomic E-state index is 5.60. The van der Waals surface area contributed by atoms with Gasteiger partial charge in [-0.3, -0.25) is 11.3 Å². The molecule has 0 radical (unpaired) electrons. The highest BCUT2D eigenvalue weighted by Crippen LogP contribution is 2.26. The van der Waals surface area contributed by atoms with Gasteiger partial charge in [0.2, 0.25) is 0 Å². The van der Waals surface area contributed by atoms with Crippen LogP contribution in [0.15, 0.2) is 22.7 Å². The van der Waals surface area contributed by atoms with Crippen LogP contribution in [0.1, 0.15) is 18.9 Å². The van der Waals surface area contributed by atoms with Crippen LogP contribution in [0.25, 0.3) is 0 Å². The van der Waals surface area contributed by atoms with Gasteiger partial charge in [-0.1, -0.05) is 13.0 Å². The van der Waals surface area contributed by atoms with Gasteiger partial charge >= 0.3 is 0 Å². The Kier molecular flexibility index (Phi) is 6.63. The molecule has 5 heteroatoms. The highest BCUT2D eigenvalue weighted by molar-refractivity contribution is 9.10. The van der Waals surface area contributed by atoms with Crippen LogP contribution in [0.5, 0.6) is 5.75 Å². The Labute approximate surface area is 117 Å². The third kappa shape index (κ3) is 3.95. The second-order valence-electron chi connectivity index (χ2n) is 4.13. The van der Waals surface area contributed by atoms with Crippen LogP contribution in [-0.4, -0.2) is 26.4 Å². The van der Waals surface area contributed by atoms with Crippen LogP contribution in [0.3, 0.4) is 0 Å². The molecule has 102 valence electrons. The maximum Gasteiger partial charge on any atom is 0.133 e. The first kappa shape index (κ1) is 15.4. The number of benzene rings is 1. The molecule has 1 aromatic carbocycles. The number of methoxy groups -OCH3 is 2. The molecule has 0 aliphatic heterocycles. The molecular weight excluding hydrogens is 296 g/mol. The molecule has 1 rings (SSSR count). The molecule has 0 aliphatic rings. The lowest BCUT2D eigenvalue weighted by atomic mass is 10.00. The summed E-state index contributed by atoms with van der Waals surface area (Å²) in [4.78, 5) is 0. The van der Waals surface area contributed by atoms with Crippen LogP contribution >= 0.6 is 15.9 Å². The van der Waals surface area contributed by atoms with E-state index in [4.69, 9.17) is 15.3 Å². The van der Waals surface area contributed by atoms with E-state index in [9.17, 15) is 0 Å². The molecule has 0 spiro atoms. The molecular formula is C13H21BrN2O2. The first-order valence-electron chi connectivity index (χ1n) is 5.97. The van der Waals surface area contributed by atoms with E-state index >= 15 is 0 Å². The molecule has 1 aromatic rings. The first-order chi connectivity index (χ1) is 8.65. The van der Waals surface area contributed by atoms with Gasteiger partial charge in [0.15, 0.2) is 0 Å². The van der Waals surface area contributed by atoms with Gasteiger partial charge in [0.25, 0.3) is 0 Å². The Balaban J connectivity index is 2.78. The summed E-state index contributed by atoms with van der Waals surface area (Å²) in [6.07, 6.45) is 1.84. The van der Waals surface area contributed by atoms with Crippen molar-refractivity contribution in [1.29, 1.82) is 0 Å². The van der Waals surface area contributed by atoms with E-state index in [1.54, 1.807) is 14.2 Å². The van der Waals surface area contributed by atoms with Gasteiger partial charge in [0.05, 0.1) is 23.7 Å². The molecule has 0 aromatic heterocycles. The molecule has 4 nitrogen and oxygen atoms in total. The average molecular weight is 317 g/mol. The molecule has 0 bridgehead atoms. The number of ether oxygens (including phenoxy) is 2. The third-order valence-corrected chi connectivity index (χ3v) is 3.66. The summed E-state index contributed by atoms with van der Waals surface area (Å²) >= 11 is 3.48. The van der Waals surface area contributed by atoms with Crippen molar-refractivity contribution in [3.63, 3.8) is 0 Å². The zero-order chi connectivity index (χ0) is 13.5. The molecule has 0 saturated carbocycles. The number of rotatable bonds is 7. The van der Waals surface area contributed by atoms with E-state index < -0.39 is 0 Å². The average Bonchev–Trinajstić information content (AvgIpc) is 2.39. The van der Waals surface area contributed by atoms with Crippen molar-refractivity contribution in [1.82, 2.24) is 5.43 Å². The van der Waals surface area contributed by atoms with Crippen molar-refractivity contribution in [2.24, 2.45) is 5.84 Å². The minimum Gasteiger partial charge on any atom is -0.496 e. The number of nitrogens with one attached hydrogen (secondary N) is 1. The maximum absolute atomic E-state index is 5.60. The standard InChI is InChI=1S/C13H21BrN2O2/c1-4-12(17-2)11(16-15)8-9-5-6-13(18-3)10(14)7-9/h5-7,11-12,16H,4,8,15H2,1-3H3. The Morgan fingerprint density at radius 2 is 2.11 bits per heavy atom. The molecule has 2 atom stereocenters. The molecule has 0 saturated heterocycles. The predicted molar refractivity (Wildman–Crippen MR) is 76.6 cm³/mol. The molecule has 0 heterocycles. The van der Waals surface area contributed by atoms with E-state index in [1.807, 2.05) is 18.2 Å². The highest BCUT2D eigenvalue weighted by atomic mass is 79.9. The van der Waals surface area contributed by atoms with Gasteiger partial charge < -0.3 is 9.47 Å². The van der Waals surface area contributed by atoms with Crippen LogP contribution in [0.4, 0.5) is 0 Å². The van der Waals surface area contributed by atoms with E-state index in [-0.39, 0.29) is 12.1 Å². The van der Waals surface area contributed by atoms with Gasteiger partial charge in [-0.05, 0) is 46.5 Å². The fraction of sp³-hybridized carbons (Fsp3) is 0.538. The van der Waals surface area contributed by atoms with Crippen LogP contribution in [0, 0.1) is 0 Å². The van der Waals surface area contributed by atoms with E-state index in [1.165, 1.54) is 5.56 Å². The molecule has 0 aliphatic carbocycles. The lowest BCUT2D eigenvalue weighted by Crippen LogP contribution is -2.46. The van der Waals surface area contributed by atoms with Gasteiger partial charge in [0, 0.05) is 7.11 Å². The molecule has 3 N–H and O–H groups in total. The highest BCUT2D eigenvalue weighted by Gasteiger charge is 2.19. The van der Waals surface area contributed by atoms with E-state index in [0.29, 0.717) is 0 Å². The zero-order valence-corrected chi connectivity index (χ0v) is 12.7. The lowest BCUT2D eigenvalue weighted by Gasteiger charge is -2.24. The van der Waals surface area contributed by atoms with Gasteiger partial charge in [0.1, 0.15) is 5.75 Å². The Morgan fingerprint density at radius 3 is 2.56 bits per heavy atom. The van der Waals surface area contributed by atoms with Crippen molar-refractivity contribution < 1.29 is 9.47 Å². The summed E-state index contributed by atoms with van der Waals surface area (Å²) in [5.41, 5.74) is 4.01. The fourth-order valence-electron chi connectivity index (χ4n) is 2.00. The normalized spacial score (nSPS) is 14.3. The Hall–Kier alpha value is -0.620. The monoisotopic (exact) mass is 316 g/mol. The van der Waals surface area contributed by atoms with Crippen molar-refractivity contribution >= 4 is 15.9 Å². The van der Waals surface area contributed by atoms with Gasteiger partial charge in [-0.15, -0.1) is 0 Å². The molecule has 2 unspecified atom stereocenters. The summed E-state index contributed by atoms with van der Waals surface area (Å²) in [7, 11) is 3.37. The molecule has 0 fully saturated rings. The summed E-state index contributed by atoms with van der Waals surface area (Å²) in [5, 5.41) is 0. The largest absolute Gasteiger partial charge is 0.496 e. The fourth-order valence-corrected chi connectivity index (χ4v) is 2.59. The van der Waals surface area contributed by atoms with Crippen LogP contribution in [0.2, 0.25) is 0 Å². The SMILES string of the molecule is CCC(OC)C(Cc1ccc(OC)c(Br)c1)NN. The lowest BCUT2D eigenvalue weighted by molar-refractivity contribution is 0.0653. The first-order valence-corrected chi connectivity index (χ1v) is 6.76. The van der Waals surface area contributed by atoms with Crippen molar-refractivity contribution in [3.8, 4) is 5.75 Å². The number of hydrazine groups is 1. The minimum absolute atomic E-state index is 0.0975. The van der Waals surface area contributed by atoms with Crippen molar-refractivity contribution in [2.75, 3.05) is 14.2 Å². The van der Waals surface area contributed by atoms with Crippen LogP contribution < -0.4 is 16.0 Å². The third-order valence-electron chi connectivity index (χ3n) is 3.04. The number of hydrogen-bond donors (Lipinski definition) is 2. The van der Waals surface area contributed by atoms with E-state index in [0.717, 1.165) is 23.1 Å². The Bertz CT molecular complexity index is 370. The smallest absolute Gasteiger partial charge is 0.133 e. The quantitative estimate of drug-likeness (QED) is 0.598. The Morgan fingerprint density at radius 1 is 1.39 bits per heavy atom. The minimum atomic E-state index is 0.0975. The second kappa shape index (κ2) is 7.74. The topological polar surface area (TPSA) is 56.5 Å². The van der Waals surface area contributed by atoms with E-state index in [2.05, 4.69) is 28.3 Å². The van der Waals surface area contributed by atoms with Gasteiger partial charge in [-0.2, -0.15) is 0 Å². The van der Waals surface area contributed by atoms with Crippen molar-refractivity contribution in [3.05, 3.63) is 28.2 Å². The van der Waals surface area contributed by atoms with Crippen molar-refractivity contribution in [2.45, 2.75) is 31.9 Å². The zero-order valence-electron chi connectivity index (χ0n) is 11.1. The molecule has 0 amide bonds. The summed E-state index contributed by atoms with van der Waals surface area (Å²) in [6.45, 7) is 2.09. The number of nitrogens with two attached hydrogens (primary N) is 1. The van der Waals surface area contributed by atoms with Gasteiger partial charge in [-0.25, -0.2) is 0 Å². The summed E-state index contributed by atoms with van der Waals surface area (Å²) in [6, 6.07) is 6.13. The number of halogens is 1. The summed E-state index contributed by atoms with van der Waals surface area (Å²) < 4.78 is 11.6. The predicted octanol–water partition coefficient (Wildman–Crippen LogP) is 2.26. The number of hydrogen-bond acceptors (Lipinski definition) is 4. The molecule has 18 heavy (non-hydrogen) atoms. The summed E-state index contributed by atoms with van der Waals surface area (Å²) in [5.74, 6) is 6.43.